The Balaban J connectivity index is 0.962. The molecule has 12 aromatic carbocycles. The van der Waals surface area contributed by atoms with Gasteiger partial charge in [0.1, 0.15) is 0 Å². The first-order valence-corrected chi connectivity index (χ1v) is 27.3. The third kappa shape index (κ3) is 4.86. The number of para-hydroxylation sites is 3. The van der Waals surface area contributed by atoms with Gasteiger partial charge in [0.05, 0.1) is 33.2 Å². The summed E-state index contributed by atoms with van der Waals surface area (Å²) in [6, 6.07) is 97.7. The zero-order valence-electron chi connectivity index (χ0n) is 42.6. The van der Waals surface area contributed by atoms with Crippen molar-refractivity contribution in [3.05, 3.63) is 310 Å². The molecule has 0 saturated heterocycles. The first-order valence-electron chi connectivity index (χ1n) is 27.3. The van der Waals surface area contributed by atoms with Gasteiger partial charge in [-0.3, -0.25) is 0 Å². The van der Waals surface area contributed by atoms with Crippen LogP contribution in [0, 0.1) is 0 Å². The molecule has 0 bridgehead atoms. The molecule has 1 unspecified atom stereocenters. The number of fused-ring (bicyclic) bond motifs is 27. The van der Waals surface area contributed by atoms with E-state index >= 15 is 0 Å². The van der Waals surface area contributed by atoms with Crippen LogP contribution < -0.4 is 4.90 Å². The maximum Gasteiger partial charge on any atom is 0.0755 e. The molecule has 0 saturated carbocycles. The van der Waals surface area contributed by atoms with Gasteiger partial charge >= 0.3 is 0 Å². The van der Waals surface area contributed by atoms with Gasteiger partial charge in [-0.2, -0.15) is 0 Å². The molecule has 5 aliphatic rings. The Morgan fingerprint density at radius 1 is 0.312 bits per heavy atom. The van der Waals surface area contributed by atoms with Crippen LogP contribution in [0.25, 0.3) is 82.8 Å². The van der Waals surface area contributed by atoms with Gasteiger partial charge in [0.15, 0.2) is 0 Å². The normalized spacial score (nSPS) is 16.4. The van der Waals surface area contributed by atoms with E-state index in [1.165, 1.54) is 144 Å². The number of benzene rings is 12. The van der Waals surface area contributed by atoms with E-state index in [-0.39, 0.29) is 5.41 Å². The van der Waals surface area contributed by atoms with E-state index in [1.54, 1.807) is 0 Å². The summed E-state index contributed by atoms with van der Waals surface area (Å²) in [4.78, 5) is 2.63. The van der Waals surface area contributed by atoms with E-state index in [1.807, 2.05) is 0 Å². The number of anilines is 3. The fraction of sp³-hybridized carbons (Fsp3) is 0.0667. The smallest absolute Gasteiger partial charge is 0.0755 e. The Labute approximate surface area is 447 Å². The van der Waals surface area contributed by atoms with E-state index in [0.29, 0.717) is 0 Å². The zero-order chi connectivity index (χ0) is 50.5. The second kappa shape index (κ2) is 14.5. The number of hydrogen-bond acceptors (Lipinski definition) is 1. The molecule has 77 heavy (non-hydrogen) atoms. The number of rotatable bonds is 3. The minimum absolute atomic E-state index is 0.192. The van der Waals surface area contributed by atoms with Crippen LogP contribution in [0.1, 0.15) is 69.5 Å². The topological polar surface area (TPSA) is 8.17 Å². The highest BCUT2D eigenvalue weighted by Crippen LogP contribution is 2.66. The molecule has 0 amide bonds. The molecule has 2 nitrogen and oxygen atoms in total. The average Bonchev–Trinajstić information content (AvgIpc) is 3.37. The fourth-order valence-corrected chi connectivity index (χ4v) is 16.1. The lowest BCUT2D eigenvalue weighted by atomic mass is 9.65. The summed E-state index contributed by atoms with van der Waals surface area (Å²) in [7, 11) is 0. The van der Waals surface area contributed by atoms with E-state index in [4.69, 9.17) is 0 Å². The summed E-state index contributed by atoms with van der Waals surface area (Å²) < 4.78 is 2.55. The highest BCUT2D eigenvalue weighted by Gasteiger charge is 2.54. The monoisotopic (exact) mass is 976 g/mol. The maximum atomic E-state index is 2.63. The number of aromatic nitrogens is 1. The Kier molecular flexibility index (Phi) is 7.85. The first kappa shape index (κ1) is 41.8. The van der Waals surface area contributed by atoms with Crippen molar-refractivity contribution in [3.63, 3.8) is 0 Å². The van der Waals surface area contributed by atoms with Crippen LogP contribution in [-0.2, 0) is 16.2 Å². The molecule has 0 N–H and O–H groups in total. The molecule has 2 heterocycles. The highest BCUT2D eigenvalue weighted by molar-refractivity contribution is 6.13. The molecule has 4 aliphatic carbocycles. The third-order valence-corrected chi connectivity index (χ3v) is 19.0. The van der Waals surface area contributed by atoms with Crippen molar-refractivity contribution in [2.45, 2.75) is 30.1 Å². The lowest BCUT2D eigenvalue weighted by molar-refractivity contribution is 0.660. The Bertz CT molecular complexity index is 4770. The minimum atomic E-state index is -0.608. The molecule has 18 rings (SSSR count). The Morgan fingerprint density at radius 3 is 1.53 bits per heavy atom. The van der Waals surface area contributed by atoms with Crippen LogP contribution in [-0.4, -0.2) is 4.57 Å². The second-order valence-corrected chi connectivity index (χ2v) is 22.6. The molecule has 358 valence electrons. The highest BCUT2D eigenvalue weighted by atomic mass is 15.1. The van der Waals surface area contributed by atoms with Gasteiger partial charge in [-0.1, -0.05) is 226 Å². The Morgan fingerprint density at radius 2 is 0.805 bits per heavy atom. The lowest BCUT2D eigenvalue weighted by Crippen LogP contribution is -2.33. The van der Waals surface area contributed by atoms with E-state index in [2.05, 4.69) is 278 Å². The molecule has 1 aliphatic heterocycles. The van der Waals surface area contributed by atoms with Gasteiger partial charge in [0.2, 0.25) is 0 Å². The largest absolute Gasteiger partial charge is 0.310 e. The van der Waals surface area contributed by atoms with Crippen molar-refractivity contribution in [2.24, 2.45) is 0 Å². The summed E-state index contributed by atoms with van der Waals surface area (Å²) in [6.07, 6.45) is 0. The van der Waals surface area contributed by atoms with Crippen LogP contribution in [0.5, 0.6) is 0 Å². The maximum absolute atomic E-state index is 2.63. The predicted molar refractivity (Wildman–Crippen MR) is 318 cm³/mol. The lowest BCUT2D eigenvalue weighted by Gasteiger charge is -2.40. The summed E-state index contributed by atoms with van der Waals surface area (Å²) in [5, 5.41) is 5.11. The van der Waals surface area contributed by atoms with Gasteiger partial charge in [-0.15, -0.1) is 0 Å². The molecule has 1 aromatic heterocycles. The van der Waals surface area contributed by atoms with Crippen molar-refractivity contribution in [3.8, 4) is 50.2 Å². The molecule has 13 aromatic rings. The van der Waals surface area contributed by atoms with Crippen molar-refractivity contribution >= 4 is 49.6 Å². The van der Waals surface area contributed by atoms with Crippen LogP contribution in [0.15, 0.2) is 255 Å². The summed E-state index contributed by atoms with van der Waals surface area (Å²) in [6.45, 7) is 4.80. The van der Waals surface area contributed by atoms with Gasteiger partial charge in [0, 0.05) is 33.1 Å². The van der Waals surface area contributed by atoms with Crippen molar-refractivity contribution in [1.82, 2.24) is 4.57 Å². The Hall–Kier alpha value is -9.50. The van der Waals surface area contributed by atoms with Crippen LogP contribution in [0.4, 0.5) is 17.1 Å². The van der Waals surface area contributed by atoms with Gasteiger partial charge < -0.3 is 9.47 Å². The third-order valence-electron chi connectivity index (χ3n) is 19.0. The van der Waals surface area contributed by atoms with Crippen molar-refractivity contribution in [1.29, 1.82) is 0 Å². The van der Waals surface area contributed by atoms with E-state index in [9.17, 15) is 0 Å². The number of nitrogens with zero attached hydrogens (tertiary/aromatic N) is 2. The second-order valence-electron chi connectivity index (χ2n) is 22.6. The van der Waals surface area contributed by atoms with Gasteiger partial charge in [-0.05, 0) is 148 Å². The SMILES string of the molecule is CC1(C)c2ccccc2-c2c(N(c3ccc4c(c3)C3(c5ccccc5-c5ccccc53)c3ccc5ccccc5c3-4)c3ccc4c(c3)C3(c5ccccc5-4)c4ccccc4-n4c5ccccc5c5cccc3c54)cccc21. The molecule has 0 fully saturated rings. The van der Waals surface area contributed by atoms with Crippen molar-refractivity contribution < 1.29 is 0 Å². The van der Waals surface area contributed by atoms with Gasteiger partial charge in [0.25, 0.3) is 0 Å². The van der Waals surface area contributed by atoms with Crippen LogP contribution in [0.3, 0.4) is 0 Å². The molecular formula is C75H48N2. The molecule has 2 spiro atoms. The average molecular weight is 977 g/mol. The standard InChI is InChI=1S/C75H48N2/c1-73(2)57-27-10-8-25-55(57)71-62(73)32-18-36-69(71)76(47-39-41-56-66(44-47)74(63-42-37-45-19-3-4-20-48(45)70(56)63)58-28-11-5-21-49(58)50-22-6-12-29-59(50)74)46-38-40-52-51-23-7-13-30-60(51)75(65(52)43-46)61-31-14-16-35-68(61)77-67-34-15-9-24-53(67)54-26-17-33-64(75)72(54)77/h3-44H,1-2H3. The molecule has 1 atom stereocenters. The first-order chi connectivity index (χ1) is 38.0. The fourth-order valence-electron chi connectivity index (χ4n) is 16.1. The number of hydrogen-bond donors (Lipinski definition) is 0. The van der Waals surface area contributed by atoms with Crippen LogP contribution >= 0.6 is 0 Å². The predicted octanol–water partition coefficient (Wildman–Crippen LogP) is 18.7. The quantitative estimate of drug-likeness (QED) is 0.171. The summed E-state index contributed by atoms with van der Waals surface area (Å²) in [5.41, 5.74) is 29.6. The minimum Gasteiger partial charge on any atom is -0.310 e. The molecule has 0 radical (unpaired) electrons. The molecule has 2 heteroatoms. The zero-order valence-corrected chi connectivity index (χ0v) is 42.6. The van der Waals surface area contributed by atoms with Crippen molar-refractivity contribution in [2.75, 3.05) is 4.90 Å². The van der Waals surface area contributed by atoms with E-state index in [0.717, 1.165) is 11.4 Å². The summed E-state index contributed by atoms with van der Waals surface area (Å²) in [5.74, 6) is 0. The molecular weight excluding hydrogens is 929 g/mol. The van der Waals surface area contributed by atoms with Crippen LogP contribution in [0.2, 0.25) is 0 Å². The van der Waals surface area contributed by atoms with E-state index < -0.39 is 10.8 Å². The van der Waals surface area contributed by atoms with Gasteiger partial charge in [-0.25, -0.2) is 0 Å². The summed E-state index contributed by atoms with van der Waals surface area (Å²) >= 11 is 0.